The molecule has 2 rings (SSSR count). The lowest BCUT2D eigenvalue weighted by Gasteiger charge is -2.30. The van der Waals surface area contributed by atoms with Crippen LogP contribution in [0.25, 0.3) is 0 Å². The van der Waals surface area contributed by atoms with Crippen LogP contribution in [0.3, 0.4) is 0 Å². The molecular formula is C17H22FNO3. The van der Waals surface area contributed by atoms with E-state index in [1.807, 2.05) is 0 Å². The molecule has 22 heavy (non-hydrogen) atoms. The van der Waals surface area contributed by atoms with Crippen molar-refractivity contribution in [2.24, 2.45) is 4.99 Å². The average molecular weight is 307 g/mol. The fourth-order valence-electron chi connectivity index (χ4n) is 3.24. The van der Waals surface area contributed by atoms with E-state index in [2.05, 4.69) is 4.99 Å². The largest absolute Gasteiger partial charge is 0.493 e. The summed E-state index contributed by atoms with van der Waals surface area (Å²) in [5, 5.41) is 0. The van der Waals surface area contributed by atoms with E-state index >= 15 is 0 Å². The minimum Gasteiger partial charge on any atom is -0.493 e. The maximum Gasteiger partial charge on any atom is 0.235 e. The zero-order valence-corrected chi connectivity index (χ0v) is 13.5. The van der Waals surface area contributed by atoms with E-state index in [0.29, 0.717) is 35.5 Å². The lowest BCUT2D eigenvalue weighted by molar-refractivity contribution is 0.214. The van der Waals surface area contributed by atoms with Gasteiger partial charge in [0.25, 0.3) is 0 Å². The molecule has 0 N–H and O–H groups in total. The summed E-state index contributed by atoms with van der Waals surface area (Å²) in [4.78, 5) is 15.0. The average Bonchev–Trinajstić information content (AvgIpc) is 2.95. The van der Waals surface area contributed by atoms with Crippen LogP contribution in [0, 0.1) is 0 Å². The molecule has 1 aliphatic carbocycles. The predicted molar refractivity (Wildman–Crippen MR) is 81.9 cm³/mol. The fraction of sp³-hybridized carbons (Fsp3) is 0.588. The summed E-state index contributed by atoms with van der Waals surface area (Å²) in [7, 11) is 3.05. The van der Waals surface area contributed by atoms with Crippen molar-refractivity contribution < 1.29 is 18.7 Å². The molecule has 0 radical (unpaired) electrons. The Morgan fingerprint density at radius 2 is 1.73 bits per heavy atom. The van der Waals surface area contributed by atoms with Crippen molar-refractivity contribution in [2.75, 3.05) is 14.2 Å². The van der Waals surface area contributed by atoms with Gasteiger partial charge in [-0.1, -0.05) is 12.8 Å². The van der Waals surface area contributed by atoms with Gasteiger partial charge in [0.15, 0.2) is 11.5 Å². The quantitative estimate of drug-likeness (QED) is 0.610. The minimum absolute atomic E-state index is 0.468. The summed E-state index contributed by atoms with van der Waals surface area (Å²) < 4.78 is 25.4. The van der Waals surface area contributed by atoms with Gasteiger partial charge in [0, 0.05) is 0 Å². The van der Waals surface area contributed by atoms with Crippen LogP contribution in [-0.4, -0.2) is 20.3 Å². The van der Waals surface area contributed by atoms with Gasteiger partial charge in [-0.15, -0.1) is 0 Å². The molecule has 1 fully saturated rings. The topological polar surface area (TPSA) is 47.9 Å². The SMILES string of the molecule is COc1cc(C(C)(C)F)c(C2(N=C=O)CCCC2)cc1OC. The molecule has 1 aromatic carbocycles. The second-order valence-electron chi connectivity index (χ2n) is 6.17. The molecule has 5 heteroatoms. The molecule has 0 aromatic heterocycles. The first-order chi connectivity index (χ1) is 10.4. The van der Waals surface area contributed by atoms with Crippen molar-refractivity contribution in [3.05, 3.63) is 23.3 Å². The molecule has 0 unspecified atom stereocenters. The number of ether oxygens (including phenoxy) is 2. The maximum atomic E-state index is 14.8. The number of methoxy groups -OCH3 is 2. The number of hydrogen-bond donors (Lipinski definition) is 0. The highest BCUT2D eigenvalue weighted by Crippen LogP contribution is 2.49. The Balaban J connectivity index is 2.74. The van der Waals surface area contributed by atoms with Gasteiger partial charge in [-0.2, -0.15) is 4.99 Å². The van der Waals surface area contributed by atoms with Crippen LogP contribution in [-0.2, 0) is 16.0 Å². The van der Waals surface area contributed by atoms with E-state index in [1.165, 1.54) is 28.1 Å². The summed E-state index contributed by atoms with van der Waals surface area (Å²) >= 11 is 0. The van der Waals surface area contributed by atoms with Gasteiger partial charge < -0.3 is 9.47 Å². The number of nitrogens with zero attached hydrogens (tertiary/aromatic N) is 1. The third-order valence-electron chi connectivity index (χ3n) is 4.36. The molecule has 1 aliphatic rings. The van der Waals surface area contributed by atoms with Crippen molar-refractivity contribution in [3.63, 3.8) is 0 Å². The molecule has 0 amide bonds. The highest BCUT2D eigenvalue weighted by atomic mass is 19.1. The van der Waals surface area contributed by atoms with Crippen LogP contribution in [0.2, 0.25) is 0 Å². The second kappa shape index (κ2) is 6.09. The Hall–Kier alpha value is -1.87. The summed E-state index contributed by atoms with van der Waals surface area (Å²) in [5.41, 5.74) is -1.12. The molecule has 1 saturated carbocycles. The molecule has 0 aliphatic heterocycles. The summed E-state index contributed by atoms with van der Waals surface area (Å²) in [6.45, 7) is 2.98. The zero-order chi connectivity index (χ0) is 16.4. The molecule has 0 atom stereocenters. The Kier molecular flexibility index (Phi) is 4.57. The third-order valence-corrected chi connectivity index (χ3v) is 4.36. The van der Waals surface area contributed by atoms with Gasteiger partial charge in [-0.25, -0.2) is 9.18 Å². The van der Waals surface area contributed by atoms with E-state index in [9.17, 15) is 9.18 Å². The van der Waals surface area contributed by atoms with Crippen molar-refractivity contribution in [1.29, 1.82) is 0 Å². The number of alkyl halides is 1. The number of carbonyl (C=O) groups excluding carboxylic acids is 1. The van der Waals surface area contributed by atoms with Gasteiger partial charge in [0.05, 0.1) is 19.8 Å². The second-order valence-corrected chi connectivity index (χ2v) is 6.17. The molecule has 0 spiro atoms. The van der Waals surface area contributed by atoms with Gasteiger partial charge in [0.1, 0.15) is 5.67 Å². The van der Waals surface area contributed by atoms with Gasteiger partial charge in [-0.05, 0) is 49.9 Å². The van der Waals surface area contributed by atoms with Crippen molar-refractivity contribution in [2.45, 2.75) is 50.7 Å². The highest BCUT2D eigenvalue weighted by molar-refractivity contribution is 5.53. The van der Waals surface area contributed by atoms with Crippen LogP contribution < -0.4 is 9.47 Å². The molecule has 4 nitrogen and oxygen atoms in total. The normalized spacial score (nSPS) is 17.0. The highest BCUT2D eigenvalue weighted by Gasteiger charge is 2.41. The predicted octanol–water partition coefficient (Wildman–Crippen LogP) is 4.01. The fourth-order valence-corrected chi connectivity index (χ4v) is 3.24. The van der Waals surface area contributed by atoms with E-state index in [0.717, 1.165) is 12.8 Å². The molecule has 0 saturated heterocycles. The summed E-state index contributed by atoms with van der Waals surface area (Å²) in [6, 6.07) is 3.40. The third kappa shape index (κ3) is 2.86. The van der Waals surface area contributed by atoms with E-state index in [4.69, 9.17) is 9.47 Å². The maximum absolute atomic E-state index is 14.8. The van der Waals surface area contributed by atoms with Crippen LogP contribution in [0.5, 0.6) is 11.5 Å². The van der Waals surface area contributed by atoms with Crippen LogP contribution in [0.1, 0.15) is 50.7 Å². The van der Waals surface area contributed by atoms with Crippen LogP contribution >= 0.6 is 0 Å². The first kappa shape index (κ1) is 16.5. The van der Waals surface area contributed by atoms with Gasteiger partial charge >= 0.3 is 0 Å². The first-order valence-electron chi connectivity index (χ1n) is 7.43. The van der Waals surface area contributed by atoms with Crippen molar-refractivity contribution in [1.82, 2.24) is 0 Å². The molecule has 120 valence electrons. The number of aliphatic imine (C=N–C) groups is 1. The Morgan fingerprint density at radius 1 is 1.18 bits per heavy atom. The van der Waals surface area contributed by atoms with Crippen LogP contribution in [0.15, 0.2) is 17.1 Å². The van der Waals surface area contributed by atoms with Crippen molar-refractivity contribution >= 4 is 6.08 Å². The smallest absolute Gasteiger partial charge is 0.235 e. The first-order valence-corrected chi connectivity index (χ1v) is 7.43. The van der Waals surface area contributed by atoms with Gasteiger partial charge in [-0.3, -0.25) is 0 Å². The Labute approximate surface area is 130 Å². The summed E-state index contributed by atoms with van der Waals surface area (Å²) in [6.07, 6.45) is 4.99. The molecule has 0 bridgehead atoms. The number of rotatable bonds is 5. The van der Waals surface area contributed by atoms with E-state index in [1.54, 1.807) is 18.2 Å². The van der Waals surface area contributed by atoms with Crippen molar-refractivity contribution in [3.8, 4) is 11.5 Å². The van der Waals surface area contributed by atoms with Crippen LogP contribution in [0.4, 0.5) is 4.39 Å². The van der Waals surface area contributed by atoms with E-state index < -0.39 is 11.2 Å². The standard InChI is InChI=1S/C17H22FNO3/c1-16(2,18)12-9-14(21-3)15(22-4)10-13(12)17(19-11-20)7-5-6-8-17/h9-10H,5-8H2,1-4H3. The Morgan fingerprint density at radius 3 is 2.18 bits per heavy atom. The number of benzene rings is 1. The van der Waals surface area contributed by atoms with Gasteiger partial charge in [0.2, 0.25) is 6.08 Å². The summed E-state index contributed by atoms with van der Waals surface area (Å²) in [5.74, 6) is 0.980. The number of hydrogen-bond acceptors (Lipinski definition) is 4. The number of halogens is 1. The Bertz CT molecular complexity index is 595. The lowest BCUT2D eigenvalue weighted by Crippen LogP contribution is -2.25. The number of isocyanates is 1. The monoisotopic (exact) mass is 307 g/mol. The lowest BCUT2D eigenvalue weighted by atomic mass is 9.81. The molecular weight excluding hydrogens is 285 g/mol. The zero-order valence-electron chi connectivity index (χ0n) is 13.5. The van der Waals surface area contributed by atoms with E-state index in [-0.39, 0.29) is 0 Å². The molecule has 0 heterocycles. The minimum atomic E-state index is -1.58. The molecule has 1 aromatic rings.